The van der Waals surface area contributed by atoms with E-state index in [4.69, 9.17) is 22.1 Å². The molecule has 2 rings (SSSR count). The molecule has 1 heterocycles. The molecule has 7 nitrogen and oxygen atoms in total. The molecule has 0 radical (unpaired) electrons. The Hall–Kier alpha value is -2.88. The molecule has 11 heteroatoms. The first-order chi connectivity index (χ1) is 11.7. The van der Waals surface area contributed by atoms with Crippen LogP contribution in [0.4, 0.5) is 19.1 Å². The summed E-state index contributed by atoms with van der Waals surface area (Å²) < 4.78 is 44.8. The van der Waals surface area contributed by atoms with Gasteiger partial charge in [-0.25, -0.2) is 19.6 Å². The van der Waals surface area contributed by atoms with Crippen molar-refractivity contribution in [1.29, 1.82) is 0 Å². The molecule has 132 valence electrons. The van der Waals surface area contributed by atoms with Crippen molar-refractivity contribution in [3.8, 4) is 16.9 Å². The number of anilines is 1. The highest BCUT2D eigenvalue weighted by molar-refractivity contribution is 6.31. The number of benzene rings is 1. The number of hydrogen-bond donors (Lipinski definition) is 1. The van der Waals surface area contributed by atoms with E-state index in [2.05, 4.69) is 14.7 Å². The van der Waals surface area contributed by atoms with Crippen molar-refractivity contribution in [2.75, 3.05) is 12.3 Å². The van der Waals surface area contributed by atoms with Crippen molar-refractivity contribution in [2.24, 2.45) is 0 Å². The van der Waals surface area contributed by atoms with E-state index >= 15 is 0 Å². The fourth-order valence-corrected chi connectivity index (χ4v) is 1.83. The lowest BCUT2D eigenvalue weighted by Gasteiger charge is -2.11. The zero-order chi connectivity index (χ0) is 18.6. The summed E-state index contributed by atoms with van der Waals surface area (Å²) in [6, 6.07) is 4.29. The van der Waals surface area contributed by atoms with E-state index in [9.17, 15) is 22.8 Å². The zero-order valence-corrected chi connectivity index (χ0v) is 13.0. The number of aromatic nitrogens is 2. The molecule has 0 aliphatic carbocycles. The SMILES string of the molecule is Nc1ncc(-c2cc(Cl)ccc2OCC(=O)OC(=O)C(F)(F)F)cn1. The van der Waals surface area contributed by atoms with Crippen LogP contribution < -0.4 is 10.5 Å². The van der Waals surface area contributed by atoms with E-state index in [0.29, 0.717) is 16.1 Å². The van der Waals surface area contributed by atoms with E-state index < -0.39 is 24.7 Å². The van der Waals surface area contributed by atoms with Gasteiger partial charge >= 0.3 is 18.1 Å². The van der Waals surface area contributed by atoms with Crippen molar-refractivity contribution < 1.29 is 32.2 Å². The number of halogens is 4. The number of esters is 2. The van der Waals surface area contributed by atoms with Crippen LogP contribution in [0, 0.1) is 0 Å². The Morgan fingerprint density at radius 2 is 1.84 bits per heavy atom. The summed E-state index contributed by atoms with van der Waals surface area (Å²) in [5.74, 6) is -4.00. The van der Waals surface area contributed by atoms with Crippen molar-refractivity contribution >= 4 is 29.5 Å². The molecule has 25 heavy (non-hydrogen) atoms. The summed E-state index contributed by atoms with van der Waals surface area (Å²) in [7, 11) is 0. The van der Waals surface area contributed by atoms with Crippen molar-refractivity contribution in [3.63, 3.8) is 0 Å². The maximum absolute atomic E-state index is 12.0. The first-order valence-corrected chi connectivity index (χ1v) is 6.86. The number of nitrogens with zero attached hydrogens (tertiary/aromatic N) is 2. The van der Waals surface area contributed by atoms with Crippen LogP contribution in [-0.2, 0) is 14.3 Å². The van der Waals surface area contributed by atoms with Gasteiger partial charge in [0, 0.05) is 28.5 Å². The van der Waals surface area contributed by atoms with Crippen LogP contribution in [-0.4, -0.2) is 34.7 Å². The highest BCUT2D eigenvalue weighted by Gasteiger charge is 2.42. The molecular formula is C14H9ClF3N3O4. The second-order valence-corrected chi connectivity index (χ2v) is 4.95. The maximum atomic E-state index is 12.0. The summed E-state index contributed by atoms with van der Waals surface area (Å²) in [5.41, 5.74) is 6.19. The lowest BCUT2D eigenvalue weighted by Crippen LogP contribution is -2.30. The minimum Gasteiger partial charge on any atom is -0.481 e. The summed E-state index contributed by atoms with van der Waals surface area (Å²) in [6.07, 6.45) is -2.54. The van der Waals surface area contributed by atoms with Gasteiger partial charge in [0.25, 0.3) is 0 Å². The minimum atomic E-state index is -5.28. The number of rotatable bonds is 4. The fourth-order valence-electron chi connectivity index (χ4n) is 1.66. The Morgan fingerprint density at radius 3 is 2.44 bits per heavy atom. The normalized spacial score (nSPS) is 11.0. The first kappa shape index (κ1) is 18.5. The second kappa shape index (κ2) is 7.34. The Morgan fingerprint density at radius 1 is 1.20 bits per heavy atom. The minimum absolute atomic E-state index is 0.0301. The Labute approximate surface area is 143 Å². The Bertz CT molecular complexity index is 797. The number of nitrogens with two attached hydrogens (primary N) is 1. The van der Waals surface area contributed by atoms with Gasteiger partial charge in [0.2, 0.25) is 5.95 Å². The van der Waals surface area contributed by atoms with Gasteiger partial charge in [0.05, 0.1) is 0 Å². The van der Waals surface area contributed by atoms with E-state index in [1.807, 2.05) is 0 Å². The molecule has 0 fully saturated rings. The number of carbonyl (C=O) groups excluding carboxylic acids is 2. The van der Waals surface area contributed by atoms with Crippen molar-refractivity contribution in [1.82, 2.24) is 9.97 Å². The molecule has 1 aromatic heterocycles. The molecule has 0 amide bonds. The summed E-state index contributed by atoms with van der Waals surface area (Å²) in [5, 5.41) is 0.328. The summed E-state index contributed by atoms with van der Waals surface area (Å²) in [6.45, 7) is -0.924. The number of nitrogen functional groups attached to an aromatic ring is 1. The third kappa shape index (κ3) is 5.05. The van der Waals surface area contributed by atoms with Crippen molar-refractivity contribution in [2.45, 2.75) is 6.18 Å². The molecule has 0 atom stereocenters. The van der Waals surface area contributed by atoms with Gasteiger partial charge in [-0.1, -0.05) is 11.6 Å². The first-order valence-electron chi connectivity index (χ1n) is 6.49. The highest BCUT2D eigenvalue weighted by Crippen LogP contribution is 2.32. The third-order valence-electron chi connectivity index (χ3n) is 2.71. The van der Waals surface area contributed by atoms with Crippen LogP contribution >= 0.6 is 11.6 Å². The molecule has 2 N–H and O–H groups in total. The zero-order valence-electron chi connectivity index (χ0n) is 12.2. The van der Waals surface area contributed by atoms with Gasteiger partial charge in [-0.15, -0.1) is 0 Å². The predicted octanol–water partition coefficient (Wildman–Crippen LogP) is 2.39. The molecule has 0 aliphatic rings. The number of carbonyl (C=O) groups is 2. The van der Waals surface area contributed by atoms with Gasteiger partial charge in [0.1, 0.15) is 5.75 Å². The van der Waals surface area contributed by atoms with Crippen LogP contribution in [0.1, 0.15) is 0 Å². The monoisotopic (exact) mass is 375 g/mol. The van der Waals surface area contributed by atoms with Crippen LogP contribution in [0.15, 0.2) is 30.6 Å². The molecule has 0 saturated heterocycles. The molecule has 0 aliphatic heterocycles. The Balaban J connectivity index is 2.13. The van der Waals surface area contributed by atoms with Crippen LogP contribution in [0.5, 0.6) is 5.75 Å². The van der Waals surface area contributed by atoms with Gasteiger partial charge in [-0.2, -0.15) is 13.2 Å². The third-order valence-corrected chi connectivity index (χ3v) is 2.94. The van der Waals surface area contributed by atoms with E-state index in [-0.39, 0.29) is 11.7 Å². The maximum Gasteiger partial charge on any atom is 0.491 e. The molecular weight excluding hydrogens is 367 g/mol. The lowest BCUT2D eigenvalue weighted by molar-refractivity contribution is -0.202. The summed E-state index contributed by atoms with van der Waals surface area (Å²) in [4.78, 5) is 29.5. The van der Waals surface area contributed by atoms with Gasteiger partial charge < -0.3 is 15.2 Å². The summed E-state index contributed by atoms with van der Waals surface area (Å²) >= 11 is 5.90. The lowest BCUT2D eigenvalue weighted by atomic mass is 10.1. The molecule has 0 bridgehead atoms. The van der Waals surface area contributed by atoms with Crippen LogP contribution in [0.3, 0.4) is 0 Å². The molecule has 0 spiro atoms. The molecule has 0 saturated carbocycles. The van der Waals surface area contributed by atoms with E-state index in [1.165, 1.54) is 30.6 Å². The fraction of sp³-hybridized carbons (Fsp3) is 0.143. The second-order valence-electron chi connectivity index (χ2n) is 4.52. The molecule has 0 unspecified atom stereocenters. The quantitative estimate of drug-likeness (QED) is 0.646. The average Bonchev–Trinajstić information content (AvgIpc) is 2.53. The predicted molar refractivity (Wildman–Crippen MR) is 79.5 cm³/mol. The largest absolute Gasteiger partial charge is 0.491 e. The van der Waals surface area contributed by atoms with Crippen molar-refractivity contribution in [3.05, 3.63) is 35.6 Å². The van der Waals surface area contributed by atoms with E-state index in [1.54, 1.807) is 0 Å². The van der Waals surface area contributed by atoms with Gasteiger partial charge in [0.15, 0.2) is 6.61 Å². The number of alkyl halides is 3. The standard InChI is InChI=1S/C14H9ClF3N3O4/c15-8-1-2-10(9(3-8)7-4-20-13(19)21-5-7)24-6-11(22)25-12(23)14(16,17)18/h1-5H,6H2,(H2,19,20,21). The van der Waals surface area contributed by atoms with Crippen LogP contribution in [0.2, 0.25) is 5.02 Å². The highest BCUT2D eigenvalue weighted by atomic mass is 35.5. The smallest absolute Gasteiger partial charge is 0.481 e. The van der Waals surface area contributed by atoms with Gasteiger partial charge in [-0.3, -0.25) is 0 Å². The average molecular weight is 376 g/mol. The number of ether oxygens (including phenoxy) is 2. The Kier molecular flexibility index (Phi) is 5.42. The topological polar surface area (TPSA) is 104 Å². The van der Waals surface area contributed by atoms with E-state index in [0.717, 1.165) is 0 Å². The van der Waals surface area contributed by atoms with Gasteiger partial charge in [-0.05, 0) is 18.2 Å². The molecule has 1 aromatic carbocycles. The molecule has 2 aromatic rings. The number of hydrogen-bond acceptors (Lipinski definition) is 7. The van der Waals surface area contributed by atoms with Crippen LogP contribution in [0.25, 0.3) is 11.1 Å².